The van der Waals surface area contributed by atoms with Crippen molar-refractivity contribution in [1.82, 2.24) is 0 Å². The summed E-state index contributed by atoms with van der Waals surface area (Å²) >= 11 is 4.73. The molecule has 0 aromatic rings. The van der Waals surface area contributed by atoms with Gasteiger partial charge in [0, 0.05) is 0 Å². The molecule has 0 radical (unpaired) electrons. The van der Waals surface area contributed by atoms with Gasteiger partial charge in [-0.2, -0.15) is 8.42 Å². The number of alkyl halides is 2. The Balaban J connectivity index is 3.53. The van der Waals surface area contributed by atoms with Crippen molar-refractivity contribution in [3.05, 3.63) is 0 Å². The molecule has 0 spiro atoms. The van der Waals surface area contributed by atoms with Gasteiger partial charge in [0.1, 0.15) is 6.61 Å². The van der Waals surface area contributed by atoms with Gasteiger partial charge in [-0.05, 0) is 0 Å². The molecule has 3 nitrogen and oxygen atoms in total. The van der Waals surface area contributed by atoms with Crippen LogP contribution in [0.4, 0.5) is 4.39 Å². The second-order valence-corrected chi connectivity index (χ2v) is 3.50. The lowest BCUT2D eigenvalue weighted by molar-refractivity contribution is 0.256. The summed E-state index contributed by atoms with van der Waals surface area (Å²) in [5.74, 6) is 0. The van der Waals surface area contributed by atoms with Gasteiger partial charge >= 0.3 is 0 Å². The first-order valence-corrected chi connectivity index (χ1v) is 4.29. The third kappa shape index (κ3) is 8.13. The van der Waals surface area contributed by atoms with Crippen LogP contribution in [0.25, 0.3) is 0 Å². The summed E-state index contributed by atoms with van der Waals surface area (Å²) in [6, 6.07) is 0. The van der Waals surface area contributed by atoms with Crippen molar-refractivity contribution in [2.75, 3.05) is 12.9 Å². The van der Waals surface area contributed by atoms with Gasteiger partial charge in [0.2, 0.25) is 0 Å². The largest absolute Gasteiger partial charge is 0.266 e. The van der Waals surface area contributed by atoms with Crippen LogP contribution in [-0.2, 0) is 14.3 Å². The van der Waals surface area contributed by atoms with Crippen LogP contribution in [-0.4, -0.2) is 26.9 Å². The Hall–Kier alpha value is 0.130. The maximum absolute atomic E-state index is 11.6. The summed E-state index contributed by atoms with van der Waals surface area (Å²) in [6.07, 6.45) is 0.826. The van der Waals surface area contributed by atoms with Gasteiger partial charge in [-0.1, -0.05) is 11.6 Å². The zero-order chi connectivity index (χ0) is 7.49. The maximum Gasteiger partial charge on any atom is 0.264 e. The molecule has 0 aliphatic carbocycles. The highest BCUT2D eigenvalue weighted by atomic mass is 35.5. The average Bonchev–Trinajstić information content (AvgIpc) is 1.59. The van der Waals surface area contributed by atoms with Crippen LogP contribution in [0.2, 0.25) is 0 Å². The molecule has 0 saturated carbocycles. The van der Waals surface area contributed by atoms with Crippen molar-refractivity contribution in [2.24, 2.45) is 0 Å². The van der Waals surface area contributed by atoms with E-state index in [4.69, 9.17) is 11.6 Å². The molecule has 6 heteroatoms. The Morgan fingerprint density at radius 3 is 2.33 bits per heavy atom. The average molecular weight is 177 g/mol. The topological polar surface area (TPSA) is 43.4 Å². The van der Waals surface area contributed by atoms with Crippen LogP contribution in [0, 0.1) is 0 Å². The first kappa shape index (κ1) is 9.13. The standard InChI is InChI=1S/C3H6ClFO3S/c1-9(6,7)8-2-3(4)5/h3H,2H2,1H3. The van der Waals surface area contributed by atoms with E-state index >= 15 is 0 Å². The Morgan fingerprint density at radius 2 is 2.22 bits per heavy atom. The molecule has 0 aromatic carbocycles. The zero-order valence-electron chi connectivity index (χ0n) is 4.67. The van der Waals surface area contributed by atoms with E-state index in [1.807, 2.05) is 0 Å². The van der Waals surface area contributed by atoms with E-state index in [2.05, 4.69) is 4.18 Å². The summed E-state index contributed by atoms with van der Waals surface area (Å²) in [6.45, 7) is -0.625. The number of rotatable bonds is 3. The van der Waals surface area contributed by atoms with Gasteiger partial charge in [-0.3, -0.25) is 4.18 Å². The molecule has 0 fully saturated rings. The third-order valence-corrected chi connectivity index (χ3v) is 1.10. The molecule has 0 amide bonds. The lowest BCUT2D eigenvalue weighted by Crippen LogP contribution is -2.09. The highest BCUT2D eigenvalue weighted by Gasteiger charge is 2.06. The molecule has 0 rings (SSSR count). The van der Waals surface area contributed by atoms with Crippen molar-refractivity contribution in [1.29, 1.82) is 0 Å². The van der Waals surface area contributed by atoms with Gasteiger partial charge in [-0.25, -0.2) is 4.39 Å². The SMILES string of the molecule is CS(=O)(=O)OCC(F)Cl. The molecule has 0 aromatic heterocycles. The number of halogens is 2. The molecule has 0 aliphatic rings. The Kier molecular flexibility index (Phi) is 3.38. The normalized spacial score (nSPS) is 15.4. The first-order valence-electron chi connectivity index (χ1n) is 2.04. The highest BCUT2D eigenvalue weighted by Crippen LogP contribution is 1.98. The van der Waals surface area contributed by atoms with Gasteiger partial charge in [0.25, 0.3) is 10.1 Å². The quantitative estimate of drug-likeness (QED) is 0.465. The van der Waals surface area contributed by atoms with Crippen molar-refractivity contribution >= 4 is 21.7 Å². The Bertz CT molecular complexity index is 164. The second kappa shape index (κ2) is 3.34. The maximum atomic E-state index is 11.6. The van der Waals surface area contributed by atoms with Crippen molar-refractivity contribution in [2.45, 2.75) is 5.63 Å². The van der Waals surface area contributed by atoms with Gasteiger partial charge < -0.3 is 0 Å². The summed E-state index contributed by atoms with van der Waals surface area (Å²) in [5, 5.41) is 0. The van der Waals surface area contributed by atoms with Crippen LogP contribution in [0.1, 0.15) is 0 Å². The van der Waals surface area contributed by atoms with Crippen molar-refractivity contribution < 1.29 is 17.0 Å². The van der Waals surface area contributed by atoms with E-state index < -0.39 is 22.4 Å². The molecule has 1 atom stereocenters. The Morgan fingerprint density at radius 1 is 1.78 bits per heavy atom. The van der Waals surface area contributed by atoms with Crippen molar-refractivity contribution in [3.63, 3.8) is 0 Å². The molecular weight excluding hydrogens is 171 g/mol. The fourth-order valence-electron chi connectivity index (χ4n) is 0.175. The summed E-state index contributed by atoms with van der Waals surface area (Å²) in [4.78, 5) is 0. The van der Waals surface area contributed by atoms with E-state index in [-0.39, 0.29) is 0 Å². The molecule has 0 heterocycles. The summed E-state index contributed by atoms with van der Waals surface area (Å²) in [5.41, 5.74) is -1.76. The third-order valence-electron chi connectivity index (χ3n) is 0.408. The zero-order valence-corrected chi connectivity index (χ0v) is 6.25. The van der Waals surface area contributed by atoms with Crippen LogP contribution in [0.15, 0.2) is 0 Å². The minimum absolute atomic E-state index is 0.625. The molecule has 1 unspecified atom stereocenters. The van der Waals surface area contributed by atoms with Gasteiger partial charge in [-0.15, -0.1) is 0 Å². The van der Waals surface area contributed by atoms with E-state index in [0.717, 1.165) is 6.26 Å². The predicted molar refractivity (Wildman–Crippen MR) is 31.5 cm³/mol. The van der Waals surface area contributed by atoms with E-state index in [0.29, 0.717) is 0 Å². The van der Waals surface area contributed by atoms with E-state index in [9.17, 15) is 12.8 Å². The summed E-state index contributed by atoms with van der Waals surface area (Å²) in [7, 11) is -3.54. The lowest BCUT2D eigenvalue weighted by Gasteiger charge is -1.97. The van der Waals surface area contributed by atoms with Crippen LogP contribution in [0.5, 0.6) is 0 Å². The van der Waals surface area contributed by atoms with Crippen LogP contribution in [0.3, 0.4) is 0 Å². The smallest absolute Gasteiger partial charge is 0.264 e. The molecule has 0 bridgehead atoms. The number of hydrogen-bond acceptors (Lipinski definition) is 3. The van der Waals surface area contributed by atoms with Gasteiger partial charge in [0.15, 0.2) is 5.63 Å². The second-order valence-electron chi connectivity index (χ2n) is 1.38. The van der Waals surface area contributed by atoms with Crippen molar-refractivity contribution in [3.8, 4) is 0 Å². The molecule has 56 valence electrons. The molecular formula is C3H6ClFO3S. The van der Waals surface area contributed by atoms with E-state index in [1.165, 1.54) is 0 Å². The van der Waals surface area contributed by atoms with E-state index in [1.54, 1.807) is 0 Å². The van der Waals surface area contributed by atoms with Crippen LogP contribution >= 0.6 is 11.6 Å². The lowest BCUT2D eigenvalue weighted by atomic mass is 10.8. The monoisotopic (exact) mass is 176 g/mol. The molecule has 0 N–H and O–H groups in total. The molecule has 0 aliphatic heterocycles. The minimum atomic E-state index is -3.54. The predicted octanol–water partition coefficient (Wildman–Crippen LogP) is 0.497. The minimum Gasteiger partial charge on any atom is -0.266 e. The number of hydrogen-bond donors (Lipinski definition) is 0. The molecule has 9 heavy (non-hydrogen) atoms. The first-order chi connectivity index (χ1) is 3.92. The Labute approximate surface area is 57.9 Å². The molecule has 0 saturated heterocycles. The highest BCUT2D eigenvalue weighted by molar-refractivity contribution is 7.85. The van der Waals surface area contributed by atoms with Crippen LogP contribution < -0.4 is 0 Å². The fraction of sp³-hybridized carbons (Fsp3) is 1.00. The van der Waals surface area contributed by atoms with Gasteiger partial charge in [0.05, 0.1) is 6.26 Å². The summed E-state index contributed by atoms with van der Waals surface area (Å²) < 4.78 is 35.7. The fourth-order valence-corrected chi connectivity index (χ4v) is 0.679.